The van der Waals surface area contributed by atoms with E-state index in [1.165, 1.54) is 37.8 Å². The summed E-state index contributed by atoms with van der Waals surface area (Å²) in [5.74, 6) is 5.98. The van der Waals surface area contributed by atoms with Crippen LogP contribution in [0.1, 0.15) is 51.0 Å². The van der Waals surface area contributed by atoms with Crippen LogP contribution in [0.15, 0.2) is 18.2 Å². The standard InChI is InChI=1S/C17H26F2N2/c1-2-3-12-4-6-14(7-5-12)17(21-20)10-13-8-15(18)11-16(19)9-13/h8-9,11-12,14,17,21H,2-7,10,20H2,1H3. The zero-order valence-electron chi connectivity index (χ0n) is 12.7. The van der Waals surface area contributed by atoms with Gasteiger partial charge in [0.05, 0.1) is 0 Å². The predicted molar refractivity (Wildman–Crippen MR) is 81.5 cm³/mol. The lowest BCUT2D eigenvalue weighted by Gasteiger charge is -2.33. The first kappa shape index (κ1) is 16.4. The van der Waals surface area contributed by atoms with Gasteiger partial charge in [-0.3, -0.25) is 11.3 Å². The Kier molecular flexibility index (Phi) is 6.12. The van der Waals surface area contributed by atoms with Gasteiger partial charge in [-0.1, -0.05) is 32.6 Å². The van der Waals surface area contributed by atoms with Gasteiger partial charge in [0.2, 0.25) is 0 Å². The van der Waals surface area contributed by atoms with E-state index in [2.05, 4.69) is 12.3 Å². The van der Waals surface area contributed by atoms with E-state index in [0.29, 0.717) is 17.9 Å². The van der Waals surface area contributed by atoms with Crippen molar-refractivity contribution < 1.29 is 8.78 Å². The fraction of sp³-hybridized carbons (Fsp3) is 0.647. The minimum atomic E-state index is -0.521. The highest BCUT2D eigenvalue weighted by Crippen LogP contribution is 2.34. The van der Waals surface area contributed by atoms with Crippen LogP contribution in [0.5, 0.6) is 0 Å². The summed E-state index contributed by atoms with van der Waals surface area (Å²) in [5.41, 5.74) is 3.53. The van der Waals surface area contributed by atoms with Crippen LogP contribution >= 0.6 is 0 Å². The molecule has 1 saturated carbocycles. The number of halogens is 2. The highest BCUT2D eigenvalue weighted by Gasteiger charge is 2.27. The Morgan fingerprint density at radius 2 is 1.76 bits per heavy atom. The molecule has 0 heterocycles. The maximum Gasteiger partial charge on any atom is 0.126 e. The summed E-state index contributed by atoms with van der Waals surface area (Å²) < 4.78 is 26.5. The Morgan fingerprint density at radius 1 is 1.14 bits per heavy atom. The van der Waals surface area contributed by atoms with Gasteiger partial charge in [-0.05, 0) is 48.8 Å². The number of benzene rings is 1. The minimum absolute atomic E-state index is 0.0915. The molecule has 1 fully saturated rings. The topological polar surface area (TPSA) is 38.0 Å². The first-order valence-corrected chi connectivity index (χ1v) is 8.03. The molecule has 1 aromatic carbocycles. The van der Waals surface area contributed by atoms with Gasteiger partial charge in [-0.2, -0.15) is 0 Å². The lowest BCUT2D eigenvalue weighted by atomic mass is 9.76. The van der Waals surface area contributed by atoms with Gasteiger partial charge in [0.25, 0.3) is 0 Å². The van der Waals surface area contributed by atoms with Crippen molar-refractivity contribution >= 4 is 0 Å². The third kappa shape index (κ3) is 4.75. The summed E-state index contributed by atoms with van der Waals surface area (Å²) in [5, 5.41) is 0. The maximum atomic E-state index is 13.3. The summed E-state index contributed by atoms with van der Waals surface area (Å²) in [6, 6.07) is 3.80. The summed E-state index contributed by atoms with van der Waals surface area (Å²) in [7, 11) is 0. The quantitative estimate of drug-likeness (QED) is 0.616. The average Bonchev–Trinajstić information content (AvgIpc) is 2.45. The zero-order valence-corrected chi connectivity index (χ0v) is 12.7. The van der Waals surface area contributed by atoms with Crippen LogP contribution in [0.25, 0.3) is 0 Å². The molecule has 0 aromatic heterocycles. The molecule has 0 radical (unpaired) electrons. The van der Waals surface area contributed by atoms with Crippen LogP contribution in [-0.4, -0.2) is 6.04 Å². The molecule has 2 rings (SSSR count). The number of nitrogens with two attached hydrogens (primary N) is 1. The molecular formula is C17H26F2N2. The Balaban J connectivity index is 1.94. The van der Waals surface area contributed by atoms with Gasteiger partial charge in [-0.15, -0.1) is 0 Å². The van der Waals surface area contributed by atoms with Crippen molar-refractivity contribution in [2.75, 3.05) is 0 Å². The fourth-order valence-electron chi connectivity index (χ4n) is 3.63. The Hall–Kier alpha value is -1.00. The largest absolute Gasteiger partial charge is 0.271 e. The number of hydrazine groups is 1. The highest BCUT2D eigenvalue weighted by molar-refractivity contribution is 5.19. The van der Waals surface area contributed by atoms with E-state index in [0.717, 1.165) is 24.8 Å². The predicted octanol–water partition coefficient (Wildman–Crippen LogP) is 3.95. The molecule has 118 valence electrons. The van der Waals surface area contributed by atoms with E-state index in [-0.39, 0.29) is 6.04 Å². The van der Waals surface area contributed by atoms with Crippen molar-refractivity contribution in [2.45, 2.75) is 57.9 Å². The fourth-order valence-corrected chi connectivity index (χ4v) is 3.63. The molecule has 0 spiro atoms. The Labute approximate surface area is 126 Å². The molecule has 3 N–H and O–H groups in total. The zero-order chi connectivity index (χ0) is 15.2. The maximum absolute atomic E-state index is 13.3. The second kappa shape index (κ2) is 7.85. The van der Waals surface area contributed by atoms with Gasteiger partial charge in [-0.25, -0.2) is 8.78 Å². The van der Waals surface area contributed by atoms with E-state index >= 15 is 0 Å². The summed E-state index contributed by atoms with van der Waals surface area (Å²) in [6.07, 6.45) is 7.92. The minimum Gasteiger partial charge on any atom is -0.271 e. The SMILES string of the molecule is CCCC1CCC(C(Cc2cc(F)cc(F)c2)NN)CC1. The van der Waals surface area contributed by atoms with Crippen molar-refractivity contribution in [2.24, 2.45) is 17.7 Å². The molecule has 0 amide bonds. The van der Waals surface area contributed by atoms with E-state index in [1.807, 2.05) is 0 Å². The Bertz CT molecular complexity index is 422. The molecule has 1 aromatic rings. The molecule has 2 nitrogen and oxygen atoms in total. The first-order chi connectivity index (χ1) is 10.1. The molecule has 0 saturated heterocycles. The van der Waals surface area contributed by atoms with Gasteiger partial charge in [0, 0.05) is 12.1 Å². The smallest absolute Gasteiger partial charge is 0.126 e. The lowest BCUT2D eigenvalue weighted by molar-refractivity contribution is 0.213. The van der Waals surface area contributed by atoms with Crippen molar-refractivity contribution in [3.8, 4) is 0 Å². The highest BCUT2D eigenvalue weighted by atomic mass is 19.1. The molecule has 0 bridgehead atoms. The number of hydrogen-bond acceptors (Lipinski definition) is 2. The monoisotopic (exact) mass is 296 g/mol. The van der Waals surface area contributed by atoms with Gasteiger partial charge in [0.1, 0.15) is 11.6 Å². The van der Waals surface area contributed by atoms with Crippen LogP contribution in [0.3, 0.4) is 0 Å². The van der Waals surface area contributed by atoms with Gasteiger partial charge < -0.3 is 0 Å². The summed E-state index contributed by atoms with van der Waals surface area (Å²) in [6.45, 7) is 2.23. The molecule has 21 heavy (non-hydrogen) atoms. The average molecular weight is 296 g/mol. The van der Waals surface area contributed by atoms with Gasteiger partial charge >= 0.3 is 0 Å². The van der Waals surface area contributed by atoms with E-state index in [9.17, 15) is 8.78 Å². The van der Waals surface area contributed by atoms with Crippen LogP contribution in [0, 0.1) is 23.5 Å². The Morgan fingerprint density at radius 3 is 2.29 bits per heavy atom. The second-order valence-corrected chi connectivity index (χ2v) is 6.32. The van der Waals surface area contributed by atoms with Crippen molar-refractivity contribution in [1.82, 2.24) is 5.43 Å². The lowest BCUT2D eigenvalue weighted by Crippen LogP contribution is -2.43. The van der Waals surface area contributed by atoms with E-state index < -0.39 is 11.6 Å². The van der Waals surface area contributed by atoms with Crippen LogP contribution in [0.4, 0.5) is 8.78 Å². The number of nitrogens with one attached hydrogen (secondary N) is 1. The molecule has 1 atom stereocenters. The van der Waals surface area contributed by atoms with Crippen LogP contribution in [-0.2, 0) is 6.42 Å². The molecule has 1 aliphatic carbocycles. The second-order valence-electron chi connectivity index (χ2n) is 6.32. The third-order valence-electron chi connectivity index (χ3n) is 4.75. The normalized spacial score (nSPS) is 24.0. The van der Waals surface area contributed by atoms with Crippen LogP contribution < -0.4 is 11.3 Å². The molecular weight excluding hydrogens is 270 g/mol. The van der Waals surface area contributed by atoms with E-state index in [1.54, 1.807) is 0 Å². The summed E-state index contributed by atoms with van der Waals surface area (Å²) >= 11 is 0. The molecule has 1 aliphatic rings. The van der Waals surface area contributed by atoms with Crippen molar-refractivity contribution in [3.05, 3.63) is 35.4 Å². The van der Waals surface area contributed by atoms with Crippen LogP contribution in [0.2, 0.25) is 0 Å². The molecule has 1 unspecified atom stereocenters. The third-order valence-corrected chi connectivity index (χ3v) is 4.75. The van der Waals surface area contributed by atoms with Crippen molar-refractivity contribution in [1.29, 1.82) is 0 Å². The number of rotatable bonds is 6. The summed E-state index contributed by atoms with van der Waals surface area (Å²) in [4.78, 5) is 0. The number of hydrogen-bond donors (Lipinski definition) is 2. The van der Waals surface area contributed by atoms with Crippen molar-refractivity contribution in [3.63, 3.8) is 0 Å². The first-order valence-electron chi connectivity index (χ1n) is 8.03. The molecule has 0 aliphatic heterocycles. The molecule has 4 heteroatoms. The van der Waals surface area contributed by atoms with E-state index in [4.69, 9.17) is 5.84 Å². The van der Waals surface area contributed by atoms with Gasteiger partial charge in [0.15, 0.2) is 0 Å².